The van der Waals surface area contributed by atoms with Crippen LogP contribution in [0.3, 0.4) is 0 Å². The largest absolute Gasteiger partial charge is 0.334 e. The van der Waals surface area contributed by atoms with Crippen molar-refractivity contribution in [3.8, 4) is 11.8 Å². The fourth-order valence-electron chi connectivity index (χ4n) is 3.56. The van der Waals surface area contributed by atoms with Crippen LogP contribution in [-0.4, -0.2) is 30.1 Å². The Hall–Kier alpha value is -4.66. The summed E-state index contributed by atoms with van der Waals surface area (Å²) in [6, 6.07) is 21.9. The molecule has 0 bridgehead atoms. The van der Waals surface area contributed by atoms with Crippen LogP contribution in [0.4, 0.5) is 16.3 Å². The van der Waals surface area contributed by atoms with Gasteiger partial charge >= 0.3 is 6.03 Å². The van der Waals surface area contributed by atoms with Gasteiger partial charge in [-0.2, -0.15) is 10.4 Å². The fourth-order valence-corrected chi connectivity index (χ4v) is 4.60. The van der Waals surface area contributed by atoms with E-state index in [0.29, 0.717) is 16.4 Å². The van der Waals surface area contributed by atoms with Gasteiger partial charge in [0, 0.05) is 10.7 Å². The molecule has 1 heterocycles. The summed E-state index contributed by atoms with van der Waals surface area (Å²) in [6.45, 7) is 1.85. The second-order valence-electron chi connectivity index (χ2n) is 8.08. The highest BCUT2D eigenvalue weighted by Crippen LogP contribution is 2.25. The SMILES string of the molecule is Cc1ccccc1NC(=O)Cc1nn(-c2ccccc2)c(NC(=O)NS(=O)(=O)c2ccc(Cl)cc2)c1C#N. The lowest BCUT2D eigenvalue weighted by molar-refractivity contribution is -0.115. The Kier molecular flexibility index (Phi) is 7.76. The molecule has 0 atom stereocenters. The number of anilines is 2. The molecule has 0 spiro atoms. The summed E-state index contributed by atoms with van der Waals surface area (Å²) in [6.07, 6.45) is -0.267. The Labute approximate surface area is 223 Å². The number of carbonyl (C=O) groups is 2. The van der Waals surface area contributed by atoms with E-state index in [1.54, 1.807) is 42.5 Å². The van der Waals surface area contributed by atoms with Gasteiger partial charge in [-0.05, 0) is 55.0 Å². The third kappa shape index (κ3) is 6.00. The number of amides is 3. The smallest absolute Gasteiger partial charge is 0.326 e. The Morgan fingerprint density at radius 1 is 0.974 bits per heavy atom. The van der Waals surface area contributed by atoms with Crippen molar-refractivity contribution in [3.05, 3.63) is 101 Å². The maximum absolute atomic E-state index is 12.8. The van der Waals surface area contributed by atoms with Crippen molar-refractivity contribution in [1.29, 1.82) is 5.26 Å². The Balaban J connectivity index is 1.64. The highest BCUT2D eigenvalue weighted by molar-refractivity contribution is 7.90. The summed E-state index contributed by atoms with van der Waals surface area (Å²) in [5.74, 6) is -0.518. The van der Waals surface area contributed by atoms with Gasteiger partial charge in [-0.25, -0.2) is 22.6 Å². The van der Waals surface area contributed by atoms with Gasteiger partial charge in [0.15, 0.2) is 5.82 Å². The summed E-state index contributed by atoms with van der Waals surface area (Å²) in [5.41, 5.74) is 1.96. The van der Waals surface area contributed by atoms with Crippen LogP contribution in [0.15, 0.2) is 83.8 Å². The molecule has 0 saturated carbocycles. The van der Waals surface area contributed by atoms with E-state index in [1.165, 1.54) is 28.9 Å². The molecule has 10 nitrogen and oxygen atoms in total. The number of para-hydroxylation sites is 2. The number of aryl methyl sites for hydroxylation is 1. The lowest BCUT2D eigenvalue weighted by Gasteiger charge is -2.11. The molecule has 0 saturated heterocycles. The molecule has 3 N–H and O–H groups in total. The Morgan fingerprint density at radius 2 is 1.63 bits per heavy atom. The third-order valence-corrected chi connectivity index (χ3v) is 7.00. The van der Waals surface area contributed by atoms with Crippen molar-refractivity contribution < 1.29 is 18.0 Å². The van der Waals surface area contributed by atoms with E-state index in [0.717, 1.165) is 5.56 Å². The number of sulfonamides is 1. The van der Waals surface area contributed by atoms with E-state index < -0.39 is 22.0 Å². The number of aromatic nitrogens is 2. The van der Waals surface area contributed by atoms with Gasteiger partial charge in [-0.15, -0.1) is 0 Å². The molecule has 0 unspecified atom stereocenters. The van der Waals surface area contributed by atoms with Crippen LogP contribution in [0, 0.1) is 18.3 Å². The molecule has 3 amide bonds. The molecule has 0 aliphatic rings. The van der Waals surface area contributed by atoms with Crippen molar-refractivity contribution in [2.24, 2.45) is 0 Å². The minimum Gasteiger partial charge on any atom is -0.326 e. The van der Waals surface area contributed by atoms with Crippen LogP contribution in [-0.2, 0) is 21.2 Å². The molecule has 4 rings (SSSR count). The Bertz CT molecular complexity index is 1650. The van der Waals surface area contributed by atoms with Gasteiger partial charge < -0.3 is 5.32 Å². The standard InChI is InChI=1S/C26H21ClN6O4S/c1-17-7-5-6-10-22(17)29-24(34)15-23-21(16-28)25(33(31-23)19-8-3-2-4-9-19)30-26(35)32-38(36,37)20-13-11-18(27)12-14-20/h2-14H,15H2,1H3,(H,29,34)(H2,30,32,35). The van der Waals surface area contributed by atoms with E-state index >= 15 is 0 Å². The molecule has 192 valence electrons. The molecule has 4 aromatic rings. The maximum atomic E-state index is 12.8. The molecule has 0 aliphatic heterocycles. The number of nitrogens with one attached hydrogen (secondary N) is 3. The summed E-state index contributed by atoms with van der Waals surface area (Å²) < 4.78 is 28.5. The number of nitrogens with zero attached hydrogens (tertiary/aromatic N) is 3. The van der Waals surface area contributed by atoms with Crippen LogP contribution in [0.1, 0.15) is 16.8 Å². The van der Waals surface area contributed by atoms with E-state index in [-0.39, 0.29) is 28.4 Å². The van der Waals surface area contributed by atoms with Crippen LogP contribution in [0.2, 0.25) is 5.02 Å². The number of rotatable bonds is 7. The number of hydrogen-bond acceptors (Lipinski definition) is 6. The lowest BCUT2D eigenvalue weighted by atomic mass is 10.1. The van der Waals surface area contributed by atoms with Gasteiger partial charge in [-0.3, -0.25) is 10.1 Å². The van der Waals surface area contributed by atoms with Crippen molar-refractivity contribution in [2.75, 3.05) is 10.6 Å². The molecule has 0 radical (unpaired) electrons. The van der Waals surface area contributed by atoms with E-state index in [4.69, 9.17) is 11.6 Å². The van der Waals surface area contributed by atoms with Crippen molar-refractivity contribution in [1.82, 2.24) is 14.5 Å². The molecular formula is C26H21ClN6O4S. The molecule has 0 fully saturated rings. The zero-order valence-corrected chi connectivity index (χ0v) is 21.5. The van der Waals surface area contributed by atoms with Gasteiger partial charge in [0.1, 0.15) is 11.6 Å². The number of benzene rings is 3. The Morgan fingerprint density at radius 3 is 2.29 bits per heavy atom. The average molecular weight is 549 g/mol. The van der Waals surface area contributed by atoms with E-state index in [2.05, 4.69) is 15.7 Å². The monoisotopic (exact) mass is 548 g/mol. The predicted molar refractivity (Wildman–Crippen MR) is 143 cm³/mol. The minimum absolute atomic E-state index is 0.0900. The molecule has 12 heteroatoms. The second-order valence-corrected chi connectivity index (χ2v) is 10.2. The summed E-state index contributed by atoms with van der Waals surface area (Å²) in [7, 11) is -4.24. The highest BCUT2D eigenvalue weighted by Gasteiger charge is 2.25. The number of urea groups is 1. The van der Waals surface area contributed by atoms with Gasteiger partial charge in [0.25, 0.3) is 10.0 Å². The maximum Gasteiger partial charge on any atom is 0.334 e. The van der Waals surface area contributed by atoms with Crippen molar-refractivity contribution in [3.63, 3.8) is 0 Å². The van der Waals surface area contributed by atoms with Gasteiger partial charge in [0.2, 0.25) is 5.91 Å². The van der Waals surface area contributed by atoms with Crippen molar-refractivity contribution >= 4 is 45.1 Å². The molecular weight excluding hydrogens is 528 g/mol. The first-order chi connectivity index (χ1) is 18.2. The minimum atomic E-state index is -4.24. The lowest BCUT2D eigenvalue weighted by Crippen LogP contribution is -2.35. The summed E-state index contributed by atoms with van der Waals surface area (Å²) in [5, 5.41) is 19.8. The fraction of sp³-hybridized carbons (Fsp3) is 0.0769. The number of nitriles is 1. The number of carbonyl (C=O) groups excluding carboxylic acids is 2. The first kappa shape index (κ1) is 26.4. The van der Waals surface area contributed by atoms with Crippen LogP contribution >= 0.6 is 11.6 Å². The zero-order chi connectivity index (χ0) is 27.3. The van der Waals surface area contributed by atoms with Crippen molar-refractivity contribution in [2.45, 2.75) is 18.2 Å². The normalized spacial score (nSPS) is 10.9. The number of hydrogen-bond donors (Lipinski definition) is 3. The van der Waals surface area contributed by atoms with E-state index in [1.807, 2.05) is 29.8 Å². The van der Waals surface area contributed by atoms with Gasteiger partial charge in [0.05, 0.1) is 22.7 Å². The first-order valence-corrected chi connectivity index (χ1v) is 13.1. The molecule has 38 heavy (non-hydrogen) atoms. The highest BCUT2D eigenvalue weighted by atomic mass is 35.5. The summed E-state index contributed by atoms with van der Waals surface area (Å²) >= 11 is 5.81. The summed E-state index contributed by atoms with van der Waals surface area (Å²) in [4.78, 5) is 25.4. The average Bonchev–Trinajstić information content (AvgIpc) is 3.22. The zero-order valence-electron chi connectivity index (χ0n) is 20.0. The van der Waals surface area contributed by atoms with Crippen LogP contribution in [0.25, 0.3) is 5.69 Å². The predicted octanol–water partition coefficient (Wildman–Crippen LogP) is 4.40. The number of halogens is 1. The van der Waals surface area contributed by atoms with Crippen LogP contribution < -0.4 is 15.4 Å². The molecule has 0 aliphatic carbocycles. The molecule has 1 aromatic heterocycles. The van der Waals surface area contributed by atoms with Gasteiger partial charge in [-0.1, -0.05) is 48.0 Å². The second kappa shape index (κ2) is 11.2. The molecule has 3 aromatic carbocycles. The topological polar surface area (TPSA) is 146 Å². The quantitative estimate of drug-likeness (QED) is 0.312. The van der Waals surface area contributed by atoms with E-state index in [9.17, 15) is 23.3 Å². The third-order valence-electron chi connectivity index (χ3n) is 5.40. The first-order valence-electron chi connectivity index (χ1n) is 11.2. The van der Waals surface area contributed by atoms with Crippen LogP contribution in [0.5, 0.6) is 0 Å².